The maximum absolute atomic E-state index is 11.0. The third-order valence-corrected chi connectivity index (χ3v) is 2.35. The van der Waals surface area contributed by atoms with Crippen molar-refractivity contribution in [3.63, 3.8) is 0 Å². The van der Waals surface area contributed by atoms with Crippen molar-refractivity contribution in [3.05, 3.63) is 0 Å². The molecule has 0 atom stereocenters. The molecule has 0 aromatic heterocycles. The van der Waals surface area contributed by atoms with E-state index in [0.717, 1.165) is 25.7 Å². The van der Waals surface area contributed by atoms with Gasteiger partial charge in [0, 0.05) is 0 Å². The molecule has 0 radical (unpaired) electrons. The molecule has 0 aromatic carbocycles. The third kappa shape index (κ3) is 2.44. The molecule has 0 N–H and O–H groups in total. The van der Waals surface area contributed by atoms with E-state index < -0.39 is 17.5 Å². The summed E-state index contributed by atoms with van der Waals surface area (Å²) in [5.41, 5.74) is -0.453. The fourth-order valence-corrected chi connectivity index (χ4v) is 1.57. The van der Waals surface area contributed by atoms with E-state index in [1.165, 1.54) is 7.11 Å². The minimum atomic E-state index is -0.923. The number of ether oxygens (including phenoxy) is 2. The zero-order chi connectivity index (χ0) is 9.90. The van der Waals surface area contributed by atoms with Gasteiger partial charge in [-0.2, -0.15) is 0 Å². The van der Waals surface area contributed by atoms with E-state index in [1.807, 2.05) is 6.92 Å². The fraction of sp³-hybridized carbons (Fsp3) is 0.778. The van der Waals surface area contributed by atoms with Crippen LogP contribution in [0.5, 0.6) is 0 Å². The highest BCUT2D eigenvalue weighted by atomic mass is 16.6. The SMILES string of the molecule is COC(=O)C(=O)OC1(C)CCCC1. The molecule has 1 aliphatic carbocycles. The molecule has 1 fully saturated rings. The van der Waals surface area contributed by atoms with Gasteiger partial charge in [0.25, 0.3) is 0 Å². The Balaban J connectivity index is 2.47. The van der Waals surface area contributed by atoms with Crippen LogP contribution in [0.3, 0.4) is 0 Å². The van der Waals surface area contributed by atoms with Crippen molar-refractivity contribution in [2.24, 2.45) is 0 Å². The summed E-state index contributed by atoms with van der Waals surface area (Å²) in [5.74, 6) is -1.81. The Kier molecular flexibility index (Phi) is 2.90. The predicted octanol–water partition coefficient (Wildman–Crippen LogP) is 1.04. The zero-order valence-corrected chi connectivity index (χ0v) is 7.96. The molecule has 74 valence electrons. The highest BCUT2D eigenvalue weighted by molar-refractivity contribution is 6.29. The Morgan fingerprint density at radius 2 is 1.69 bits per heavy atom. The van der Waals surface area contributed by atoms with E-state index in [-0.39, 0.29) is 0 Å². The third-order valence-electron chi connectivity index (χ3n) is 2.35. The van der Waals surface area contributed by atoms with E-state index >= 15 is 0 Å². The molecular weight excluding hydrogens is 172 g/mol. The van der Waals surface area contributed by atoms with Crippen molar-refractivity contribution < 1.29 is 19.1 Å². The molecule has 0 heterocycles. The maximum atomic E-state index is 11.0. The normalized spacial score (nSPS) is 19.5. The number of hydrogen-bond acceptors (Lipinski definition) is 4. The van der Waals surface area contributed by atoms with Crippen LogP contribution in [0.4, 0.5) is 0 Å². The molecule has 1 aliphatic rings. The van der Waals surface area contributed by atoms with Gasteiger partial charge in [-0.05, 0) is 32.6 Å². The number of carbonyl (C=O) groups excluding carboxylic acids is 2. The smallest absolute Gasteiger partial charge is 0.418 e. The summed E-state index contributed by atoms with van der Waals surface area (Å²) < 4.78 is 9.29. The monoisotopic (exact) mass is 186 g/mol. The molecule has 0 saturated heterocycles. The summed E-state index contributed by atoms with van der Waals surface area (Å²) in [6.45, 7) is 1.85. The lowest BCUT2D eigenvalue weighted by Crippen LogP contribution is -2.32. The van der Waals surface area contributed by atoms with E-state index in [9.17, 15) is 9.59 Å². The summed E-state index contributed by atoms with van der Waals surface area (Å²) in [7, 11) is 1.17. The van der Waals surface area contributed by atoms with Crippen LogP contribution in [0.15, 0.2) is 0 Å². The first-order valence-corrected chi connectivity index (χ1v) is 4.39. The van der Waals surface area contributed by atoms with Gasteiger partial charge in [-0.3, -0.25) is 0 Å². The quantitative estimate of drug-likeness (QED) is 0.453. The molecular formula is C9H14O4. The van der Waals surface area contributed by atoms with Gasteiger partial charge < -0.3 is 9.47 Å². The summed E-state index contributed by atoms with van der Waals surface area (Å²) >= 11 is 0. The maximum Gasteiger partial charge on any atom is 0.418 e. The Labute approximate surface area is 77.2 Å². The van der Waals surface area contributed by atoms with Crippen molar-refractivity contribution in [1.82, 2.24) is 0 Å². The number of esters is 2. The molecule has 0 spiro atoms. The largest absolute Gasteiger partial charge is 0.461 e. The minimum Gasteiger partial charge on any atom is -0.461 e. The van der Waals surface area contributed by atoms with Crippen molar-refractivity contribution in [2.75, 3.05) is 7.11 Å². The van der Waals surface area contributed by atoms with Gasteiger partial charge in [-0.1, -0.05) is 0 Å². The molecule has 13 heavy (non-hydrogen) atoms. The average Bonchev–Trinajstić information content (AvgIpc) is 2.50. The van der Waals surface area contributed by atoms with Gasteiger partial charge in [0.05, 0.1) is 7.11 Å². The molecule has 0 aromatic rings. The van der Waals surface area contributed by atoms with Gasteiger partial charge in [-0.15, -0.1) is 0 Å². The molecule has 1 saturated carbocycles. The fourth-order valence-electron chi connectivity index (χ4n) is 1.57. The second-order valence-corrected chi connectivity index (χ2v) is 3.54. The van der Waals surface area contributed by atoms with Crippen molar-refractivity contribution >= 4 is 11.9 Å². The molecule has 0 bridgehead atoms. The van der Waals surface area contributed by atoms with Crippen LogP contribution >= 0.6 is 0 Å². The molecule has 4 nitrogen and oxygen atoms in total. The number of hydrogen-bond donors (Lipinski definition) is 0. The Morgan fingerprint density at radius 1 is 1.15 bits per heavy atom. The topological polar surface area (TPSA) is 52.6 Å². The molecule has 0 aliphatic heterocycles. The van der Waals surface area contributed by atoms with Crippen LogP contribution in [-0.2, 0) is 19.1 Å². The summed E-state index contributed by atoms with van der Waals surface area (Å²) in [5, 5.41) is 0. The second-order valence-electron chi connectivity index (χ2n) is 3.54. The minimum absolute atomic E-state index is 0.453. The number of methoxy groups -OCH3 is 1. The van der Waals surface area contributed by atoms with E-state index in [4.69, 9.17) is 4.74 Å². The first-order valence-electron chi connectivity index (χ1n) is 4.39. The first kappa shape index (κ1) is 10.0. The van der Waals surface area contributed by atoms with Crippen molar-refractivity contribution in [3.8, 4) is 0 Å². The summed E-state index contributed by atoms with van der Waals surface area (Å²) in [4.78, 5) is 21.8. The van der Waals surface area contributed by atoms with Crippen LogP contribution in [0, 0.1) is 0 Å². The van der Waals surface area contributed by atoms with Crippen LogP contribution in [-0.4, -0.2) is 24.6 Å². The lowest BCUT2D eigenvalue weighted by molar-refractivity contribution is -0.174. The van der Waals surface area contributed by atoms with Crippen LogP contribution in [0.2, 0.25) is 0 Å². The average molecular weight is 186 g/mol. The Morgan fingerprint density at radius 3 is 2.15 bits per heavy atom. The number of rotatable bonds is 1. The predicted molar refractivity (Wildman–Crippen MR) is 45.0 cm³/mol. The molecule has 1 rings (SSSR count). The molecule has 4 heteroatoms. The van der Waals surface area contributed by atoms with E-state index in [2.05, 4.69) is 4.74 Å². The standard InChI is InChI=1S/C9H14O4/c1-9(5-3-4-6-9)13-8(11)7(10)12-2/h3-6H2,1-2H3. The summed E-state index contributed by atoms with van der Waals surface area (Å²) in [6.07, 6.45) is 3.75. The van der Waals surface area contributed by atoms with Crippen LogP contribution in [0.1, 0.15) is 32.6 Å². The highest BCUT2D eigenvalue weighted by Crippen LogP contribution is 2.32. The van der Waals surface area contributed by atoms with Gasteiger partial charge in [0.1, 0.15) is 5.60 Å². The molecule has 0 unspecified atom stereocenters. The van der Waals surface area contributed by atoms with Gasteiger partial charge in [-0.25, -0.2) is 9.59 Å². The Bertz CT molecular complexity index is 216. The van der Waals surface area contributed by atoms with Crippen LogP contribution < -0.4 is 0 Å². The second kappa shape index (κ2) is 3.77. The lowest BCUT2D eigenvalue weighted by atomic mass is 10.1. The van der Waals surface area contributed by atoms with E-state index in [1.54, 1.807) is 0 Å². The van der Waals surface area contributed by atoms with Gasteiger partial charge in [0.15, 0.2) is 0 Å². The van der Waals surface area contributed by atoms with Crippen molar-refractivity contribution in [2.45, 2.75) is 38.2 Å². The lowest BCUT2D eigenvalue weighted by Gasteiger charge is -2.22. The van der Waals surface area contributed by atoms with Crippen LogP contribution in [0.25, 0.3) is 0 Å². The molecule has 0 amide bonds. The van der Waals surface area contributed by atoms with Crippen molar-refractivity contribution in [1.29, 1.82) is 0 Å². The van der Waals surface area contributed by atoms with Gasteiger partial charge in [0.2, 0.25) is 0 Å². The summed E-state index contributed by atoms with van der Waals surface area (Å²) in [6, 6.07) is 0. The Hall–Kier alpha value is -1.06. The van der Waals surface area contributed by atoms with Gasteiger partial charge >= 0.3 is 11.9 Å². The highest BCUT2D eigenvalue weighted by Gasteiger charge is 2.34. The van der Waals surface area contributed by atoms with E-state index in [0.29, 0.717) is 0 Å². The number of carbonyl (C=O) groups is 2. The first-order chi connectivity index (χ1) is 6.07. The zero-order valence-electron chi connectivity index (χ0n) is 7.96.